The Labute approximate surface area is 132 Å². The molecule has 0 spiro atoms. The standard InChI is InChI=1S/C13H8Br2FNOS/c14-8-2-4-11(9(15)6-8)17-13(18)7-1-3-10(16)12(19)5-7/h1-6,19H,(H,17,18). The highest BCUT2D eigenvalue weighted by Gasteiger charge is 2.10. The van der Waals surface area contributed by atoms with Crippen LogP contribution in [0.5, 0.6) is 0 Å². The van der Waals surface area contributed by atoms with E-state index >= 15 is 0 Å². The third kappa shape index (κ3) is 3.58. The van der Waals surface area contributed by atoms with Gasteiger partial charge in [-0.1, -0.05) is 15.9 Å². The Balaban J connectivity index is 2.23. The SMILES string of the molecule is O=C(Nc1ccc(Br)cc1Br)c1ccc(F)c(S)c1. The minimum absolute atomic E-state index is 0.141. The summed E-state index contributed by atoms with van der Waals surface area (Å²) in [6.07, 6.45) is 0. The Kier molecular flexibility index (Phi) is 4.65. The van der Waals surface area contributed by atoms with E-state index in [1.807, 2.05) is 12.1 Å². The van der Waals surface area contributed by atoms with E-state index < -0.39 is 5.82 Å². The van der Waals surface area contributed by atoms with E-state index in [4.69, 9.17) is 0 Å². The molecule has 0 heterocycles. The minimum Gasteiger partial charge on any atom is -0.321 e. The van der Waals surface area contributed by atoms with Crippen molar-refractivity contribution < 1.29 is 9.18 Å². The minimum atomic E-state index is -0.454. The molecule has 0 atom stereocenters. The maximum absolute atomic E-state index is 13.1. The highest BCUT2D eigenvalue weighted by Crippen LogP contribution is 2.26. The first kappa shape index (κ1) is 14.6. The number of anilines is 1. The molecule has 19 heavy (non-hydrogen) atoms. The molecule has 0 saturated carbocycles. The monoisotopic (exact) mass is 403 g/mol. The molecule has 1 N–H and O–H groups in total. The summed E-state index contributed by atoms with van der Waals surface area (Å²) >= 11 is 10.6. The first-order chi connectivity index (χ1) is 8.97. The van der Waals surface area contributed by atoms with Gasteiger partial charge in [0.1, 0.15) is 5.82 Å². The van der Waals surface area contributed by atoms with Crippen LogP contribution in [0, 0.1) is 5.82 Å². The van der Waals surface area contributed by atoms with E-state index in [1.54, 1.807) is 6.07 Å². The molecular formula is C13H8Br2FNOS. The zero-order valence-electron chi connectivity index (χ0n) is 9.45. The van der Waals surface area contributed by atoms with Gasteiger partial charge in [0.15, 0.2) is 0 Å². The second-order valence-electron chi connectivity index (χ2n) is 3.74. The molecule has 0 aliphatic heterocycles. The largest absolute Gasteiger partial charge is 0.321 e. The molecule has 98 valence electrons. The summed E-state index contributed by atoms with van der Waals surface area (Å²) in [5.74, 6) is -0.775. The van der Waals surface area contributed by atoms with Crippen molar-refractivity contribution in [2.45, 2.75) is 4.90 Å². The topological polar surface area (TPSA) is 29.1 Å². The fraction of sp³-hybridized carbons (Fsp3) is 0. The molecule has 0 bridgehead atoms. The number of halogens is 3. The van der Waals surface area contributed by atoms with E-state index in [1.165, 1.54) is 18.2 Å². The fourth-order valence-corrected chi connectivity index (χ4v) is 2.80. The van der Waals surface area contributed by atoms with Crippen molar-refractivity contribution in [1.29, 1.82) is 0 Å². The summed E-state index contributed by atoms with van der Waals surface area (Å²) < 4.78 is 14.7. The number of hydrogen-bond acceptors (Lipinski definition) is 2. The molecule has 6 heteroatoms. The smallest absolute Gasteiger partial charge is 0.255 e. The van der Waals surface area contributed by atoms with Crippen LogP contribution in [0.4, 0.5) is 10.1 Å². The van der Waals surface area contributed by atoms with Crippen LogP contribution in [-0.2, 0) is 0 Å². The summed E-state index contributed by atoms with van der Waals surface area (Å²) in [7, 11) is 0. The number of carbonyl (C=O) groups excluding carboxylic acids is 1. The van der Waals surface area contributed by atoms with Crippen molar-refractivity contribution in [2.75, 3.05) is 5.32 Å². The Bertz CT molecular complexity index is 649. The lowest BCUT2D eigenvalue weighted by molar-refractivity contribution is 0.102. The Hall–Kier alpha value is -0.850. The van der Waals surface area contributed by atoms with Crippen molar-refractivity contribution in [3.8, 4) is 0 Å². The zero-order chi connectivity index (χ0) is 14.0. The number of thiol groups is 1. The van der Waals surface area contributed by atoms with Crippen LogP contribution in [0.15, 0.2) is 50.2 Å². The molecule has 0 fully saturated rings. The molecule has 2 nitrogen and oxygen atoms in total. The molecule has 0 aliphatic carbocycles. The van der Waals surface area contributed by atoms with E-state index in [2.05, 4.69) is 49.8 Å². The molecule has 1 amide bonds. The zero-order valence-corrected chi connectivity index (χ0v) is 13.5. The number of amides is 1. The summed E-state index contributed by atoms with van der Waals surface area (Å²) in [4.78, 5) is 12.2. The molecule has 2 rings (SSSR count). The van der Waals surface area contributed by atoms with Crippen LogP contribution in [0.2, 0.25) is 0 Å². The van der Waals surface area contributed by atoms with Gasteiger partial charge in [-0.05, 0) is 52.3 Å². The number of benzene rings is 2. The third-order valence-electron chi connectivity index (χ3n) is 2.39. The quantitative estimate of drug-likeness (QED) is 0.685. The molecule has 0 radical (unpaired) electrons. The first-order valence-electron chi connectivity index (χ1n) is 5.22. The first-order valence-corrected chi connectivity index (χ1v) is 7.25. The molecule has 0 aliphatic rings. The Morgan fingerprint density at radius 1 is 1.16 bits per heavy atom. The lowest BCUT2D eigenvalue weighted by atomic mass is 10.2. The predicted octanol–water partition coefficient (Wildman–Crippen LogP) is 4.89. The van der Waals surface area contributed by atoms with E-state index in [0.29, 0.717) is 11.3 Å². The summed E-state index contributed by atoms with van der Waals surface area (Å²) in [6.45, 7) is 0. The van der Waals surface area contributed by atoms with Crippen LogP contribution in [0.25, 0.3) is 0 Å². The molecule has 0 saturated heterocycles. The van der Waals surface area contributed by atoms with E-state index in [-0.39, 0.29) is 10.8 Å². The van der Waals surface area contributed by atoms with Crippen LogP contribution >= 0.6 is 44.5 Å². The van der Waals surface area contributed by atoms with Crippen LogP contribution < -0.4 is 5.32 Å². The summed E-state index contributed by atoms with van der Waals surface area (Å²) in [5, 5.41) is 2.74. The van der Waals surface area contributed by atoms with E-state index in [9.17, 15) is 9.18 Å². The Morgan fingerprint density at radius 3 is 2.53 bits per heavy atom. The van der Waals surface area contributed by atoms with Gasteiger partial charge in [0.05, 0.1) is 5.69 Å². The number of rotatable bonds is 2. The molecule has 0 aromatic heterocycles. The average molecular weight is 405 g/mol. The molecule has 2 aromatic rings. The van der Waals surface area contributed by atoms with Gasteiger partial charge in [0.2, 0.25) is 0 Å². The van der Waals surface area contributed by atoms with E-state index in [0.717, 1.165) is 8.95 Å². The van der Waals surface area contributed by atoms with Crippen molar-refractivity contribution in [3.63, 3.8) is 0 Å². The highest BCUT2D eigenvalue weighted by molar-refractivity contribution is 9.11. The Morgan fingerprint density at radius 2 is 1.89 bits per heavy atom. The van der Waals surface area contributed by atoms with Gasteiger partial charge in [0, 0.05) is 19.4 Å². The maximum Gasteiger partial charge on any atom is 0.255 e. The van der Waals surface area contributed by atoms with Crippen molar-refractivity contribution >= 4 is 56.1 Å². The van der Waals surface area contributed by atoms with Crippen LogP contribution in [0.1, 0.15) is 10.4 Å². The van der Waals surface area contributed by atoms with Crippen molar-refractivity contribution in [2.24, 2.45) is 0 Å². The normalized spacial score (nSPS) is 10.3. The van der Waals surface area contributed by atoms with Gasteiger partial charge in [0.25, 0.3) is 5.91 Å². The van der Waals surface area contributed by atoms with Crippen LogP contribution in [0.3, 0.4) is 0 Å². The number of hydrogen-bond donors (Lipinski definition) is 2. The maximum atomic E-state index is 13.1. The lowest BCUT2D eigenvalue weighted by Crippen LogP contribution is -2.12. The van der Waals surface area contributed by atoms with Gasteiger partial charge >= 0.3 is 0 Å². The van der Waals surface area contributed by atoms with Gasteiger partial charge in [-0.2, -0.15) is 0 Å². The second-order valence-corrected chi connectivity index (χ2v) is 6.00. The van der Waals surface area contributed by atoms with Gasteiger partial charge < -0.3 is 5.32 Å². The summed E-state index contributed by atoms with van der Waals surface area (Å²) in [5.41, 5.74) is 0.986. The van der Waals surface area contributed by atoms with Gasteiger partial charge in [-0.25, -0.2) is 4.39 Å². The lowest BCUT2D eigenvalue weighted by Gasteiger charge is -2.08. The molecular weight excluding hydrogens is 397 g/mol. The van der Waals surface area contributed by atoms with Crippen molar-refractivity contribution in [3.05, 3.63) is 56.7 Å². The van der Waals surface area contributed by atoms with Gasteiger partial charge in [-0.15, -0.1) is 12.6 Å². The third-order valence-corrected chi connectivity index (χ3v) is 3.88. The summed E-state index contributed by atoms with van der Waals surface area (Å²) in [6, 6.07) is 9.42. The molecule has 2 aromatic carbocycles. The second kappa shape index (κ2) is 6.07. The highest BCUT2D eigenvalue weighted by atomic mass is 79.9. The fourth-order valence-electron chi connectivity index (χ4n) is 1.44. The van der Waals surface area contributed by atoms with Gasteiger partial charge in [-0.3, -0.25) is 4.79 Å². The van der Waals surface area contributed by atoms with Crippen molar-refractivity contribution in [1.82, 2.24) is 0 Å². The predicted molar refractivity (Wildman–Crippen MR) is 83.4 cm³/mol. The number of nitrogens with one attached hydrogen (secondary N) is 1. The van der Waals surface area contributed by atoms with Crippen LogP contribution in [-0.4, -0.2) is 5.91 Å². The molecule has 0 unspecified atom stereocenters. The average Bonchev–Trinajstić information content (AvgIpc) is 2.36. The number of carbonyl (C=O) groups is 1.